The van der Waals surface area contributed by atoms with Crippen molar-refractivity contribution in [1.29, 1.82) is 0 Å². The first-order valence-electron chi connectivity index (χ1n) is 7.07. The van der Waals surface area contributed by atoms with Gasteiger partial charge in [-0.05, 0) is 31.2 Å². The number of nitrogens with one attached hydrogen (secondary N) is 1. The number of carbonyl (C=O) groups is 2. The van der Waals surface area contributed by atoms with Crippen molar-refractivity contribution in [2.45, 2.75) is 32.2 Å². The van der Waals surface area contributed by atoms with Gasteiger partial charge in [0.1, 0.15) is 0 Å². The maximum Gasteiger partial charge on any atom is 0.411 e. The van der Waals surface area contributed by atoms with Crippen LogP contribution in [0.4, 0.5) is 18.9 Å². The Bertz CT molecular complexity index is 587. The minimum Gasteiger partial charge on any atom is -0.374 e. The van der Waals surface area contributed by atoms with Crippen LogP contribution >= 0.6 is 0 Å². The summed E-state index contributed by atoms with van der Waals surface area (Å²) in [6, 6.07) is 3.75. The Kier molecular flexibility index (Phi) is 4.93. The molecule has 1 aliphatic heterocycles. The normalized spacial score (nSPS) is 21.9. The molecule has 1 heterocycles. The second kappa shape index (κ2) is 6.57. The highest BCUT2D eigenvalue weighted by Gasteiger charge is 2.50. The largest absolute Gasteiger partial charge is 0.411 e. The van der Waals surface area contributed by atoms with Crippen molar-refractivity contribution < 1.29 is 27.5 Å². The zero-order chi connectivity index (χ0) is 17.2. The number of ether oxygens (including phenoxy) is 1. The summed E-state index contributed by atoms with van der Waals surface area (Å²) in [6.07, 6.45) is -5.68. The van der Waals surface area contributed by atoms with E-state index < -0.39 is 24.2 Å². The smallest absolute Gasteiger partial charge is 0.374 e. The Morgan fingerprint density at radius 1 is 1.26 bits per heavy atom. The van der Waals surface area contributed by atoms with Gasteiger partial charge in [-0.2, -0.15) is 13.2 Å². The van der Waals surface area contributed by atoms with E-state index in [9.17, 15) is 22.8 Å². The molecule has 1 fully saturated rings. The lowest BCUT2D eigenvalue weighted by Gasteiger charge is -2.40. The van der Waals surface area contributed by atoms with Crippen LogP contribution in [0.5, 0.6) is 0 Å². The standard InChI is InChI=1S/C15H17F3N2O3/c1-9-13(15(16,17)18)20(7-8-23-9)14(22)11-3-5-12(6-4-11)19-10(2)21/h3-6,9,13H,7-8H2,1-2H3,(H,19,21)/t9-,13-/m0/s1. The topological polar surface area (TPSA) is 58.6 Å². The highest BCUT2D eigenvalue weighted by molar-refractivity contribution is 5.95. The van der Waals surface area contributed by atoms with Crippen LogP contribution < -0.4 is 5.32 Å². The van der Waals surface area contributed by atoms with Crippen LogP contribution in [-0.2, 0) is 9.53 Å². The third-order valence-corrected chi connectivity index (χ3v) is 3.54. The number of nitrogens with zero attached hydrogens (tertiary/aromatic N) is 1. The van der Waals surface area contributed by atoms with Crippen LogP contribution in [0.1, 0.15) is 24.2 Å². The maximum atomic E-state index is 13.2. The van der Waals surface area contributed by atoms with Crippen LogP contribution in [-0.4, -0.2) is 48.2 Å². The molecule has 5 nitrogen and oxygen atoms in total. The Morgan fingerprint density at radius 2 is 1.87 bits per heavy atom. The summed E-state index contributed by atoms with van der Waals surface area (Å²) in [5, 5.41) is 2.53. The number of benzene rings is 1. The van der Waals surface area contributed by atoms with Crippen molar-refractivity contribution in [3.8, 4) is 0 Å². The van der Waals surface area contributed by atoms with Crippen molar-refractivity contribution in [3.05, 3.63) is 29.8 Å². The predicted molar refractivity (Wildman–Crippen MR) is 77.0 cm³/mol. The van der Waals surface area contributed by atoms with E-state index in [0.29, 0.717) is 5.69 Å². The van der Waals surface area contributed by atoms with Gasteiger partial charge in [-0.25, -0.2) is 0 Å². The number of carbonyl (C=O) groups excluding carboxylic acids is 2. The van der Waals surface area contributed by atoms with Gasteiger partial charge in [0.2, 0.25) is 5.91 Å². The van der Waals surface area contributed by atoms with Gasteiger partial charge >= 0.3 is 6.18 Å². The Balaban J connectivity index is 2.22. The van der Waals surface area contributed by atoms with Gasteiger partial charge in [-0.3, -0.25) is 9.59 Å². The van der Waals surface area contributed by atoms with E-state index in [1.165, 1.54) is 38.1 Å². The molecule has 0 aliphatic carbocycles. The highest BCUT2D eigenvalue weighted by atomic mass is 19.4. The van der Waals surface area contributed by atoms with E-state index >= 15 is 0 Å². The number of rotatable bonds is 2. The van der Waals surface area contributed by atoms with Crippen molar-refractivity contribution in [1.82, 2.24) is 4.90 Å². The van der Waals surface area contributed by atoms with Crippen LogP contribution in [0.3, 0.4) is 0 Å². The van der Waals surface area contributed by atoms with Crippen LogP contribution in [0.2, 0.25) is 0 Å². The summed E-state index contributed by atoms with van der Waals surface area (Å²) in [7, 11) is 0. The molecule has 0 aromatic heterocycles. The van der Waals surface area contributed by atoms with Crippen LogP contribution in [0, 0.1) is 0 Å². The van der Waals surface area contributed by atoms with Crippen molar-refractivity contribution in [2.75, 3.05) is 18.5 Å². The molecule has 0 radical (unpaired) electrons. The van der Waals surface area contributed by atoms with E-state index in [1.54, 1.807) is 0 Å². The summed E-state index contributed by atoms with van der Waals surface area (Å²) in [6.45, 7) is 2.57. The molecule has 126 valence electrons. The van der Waals surface area contributed by atoms with Crippen molar-refractivity contribution >= 4 is 17.5 Å². The number of amides is 2. The molecule has 2 atom stereocenters. The molecule has 2 amide bonds. The number of morpholine rings is 1. The molecule has 8 heteroatoms. The molecule has 23 heavy (non-hydrogen) atoms. The summed E-state index contributed by atoms with van der Waals surface area (Å²) in [4.78, 5) is 24.2. The Morgan fingerprint density at radius 3 is 2.39 bits per heavy atom. The van der Waals surface area contributed by atoms with Gasteiger partial charge in [-0.1, -0.05) is 0 Å². The fourth-order valence-corrected chi connectivity index (χ4v) is 2.56. The number of alkyl halides is 3. The predicted octanol–water partition coefficient (Wildman–Crippen LogP) is 2.44. The Hall–Kier alpha value is -2.09. The van der Waals surface area contributed by atoms with E-state index in [2.05, 4.69) is 5.32 Å². The molecule has 2 rings (SSSR count). The van der Waals surface area contributed by atoms with Crippen LogP contribution in [0.25, 0.3) is 0 Å². The summed E-state index contributed by atoms with van der Waals surface area (Å²) in [5.74, 6) is -0.986. The van der Waals surface area contributed by atoms with Gasteiger partial charge in [0.05, 0.1) is 12.7 Å². The highest BCUT2D eigenvalue weighted by Crippen LogP contribution is 2.31. The number of halogens is 3. The zero-order valence-electron chi connectivity index (χ0n) is 12.7. The molecule has 1 saturated heterocycles. The average molecular weight is 330 g/mol. The third kappa shape index (κ3) is 4.01. The second-order valence-electron chi connectivity index (χ2n) is 5.32. The molecule has 0 spiro atoms. The fraction of sp³-hybridized carbons (Fsp3) is 0.467. The quantitative estimate of drug-likeness (QED) is 0.906. The monoisotopic (exact) mass is 330 g/mol. The first-order chi connectivity index (χ1) is 10.7. The average Bonchev–Trinajstić information content (AvgIpc) is 2.45. The minimum atomic E-state index is -4.56. The lowest BCUT2D eigenvalue weighted by Crippen LogP contribution is -2.59. The molecular formula is C15H17F3N2O3. The second-order valence-corrected chi connectivity index (χ2v) is 5.32. The summed E-state index contributed by atoms with van der Waals surface area (Å²) < 4.78 is 44.6. The maximum absolute atomic E-state index is 13.2. The van der Waals surface area contributed by atoms with E-state index in [4.69, 9.17) is 4.74 Å². The van der Waals surface area contributed by atoms with E-state index in [0.717, 1.165) is 4.90 Å². The molecule has 1 N–H and O–H groups in total. The molecule has 0 saturated carbocycles. The van der Waals surface area contributed by atoms with Gasteiger partial charge in [0.25, 0.3) is 5.91 Å². The molecule has 0 unspecified atom stereocenters. The molecular weight excluding hydrogens is 313 g/mol. The van der Waals surface area contributed by atoms with Gasteiger partial charge < -0.3 is 15.0 Å². The van der Waals surface area contributed by atoms with E-state index in [-0.39, 0.29) is 24.6 Å². The fourth-order valence-electron chi connectivity index (χ4n) is 2.56. The Labute approximate surface area is 131 Å². The SMILES string of the molecule is CC(=O)Nc1ccc(C(=O)N2CCO[C@@H](C)[C@H]2C(F)(F)F)cc1. The van der Waals surface area contributed by atoms with Crippen LogP contribution in [0.15, 0.2) is 24.3 Å². The number of hydrogen-bond donors (Lipinski definition) is 1. The molecule has 1 aromatic rings. The lowest BCUT2D eigenvalue weighted by atomic mass is 10.1. The lowest BCUT2D eigenvalue weighted by molar-refractivity contribution is -0.220. The van der Waals surface area contributed by atoms with Crippen molar-refractivity contribution in [2.24, 2.45) is 0 Å². The van der Waals surface area contributed by atoms with Gasteiger partial charge in [-0.15, -0.1) is 0 Å². The zero-order valence-corrected chi connectivity index (χ0v) is 12.7. The molecule has 0 bridgehead atoms. The van der Waals surface area contributed by atoms with E-state index in [1.807, 2.05) is 0 Å². The third-order valence-electron chi connectivity index (χ3n) is 3.54. The molecule has 1 aliphatic rings. The van der Waals surface area contributed by atoms with Gasteiger partial charge in [0.15, 0.2) is 6.04 Å². The first kappa shape index (κ1) is 17.3. The summed E-state index contributed by atoms with van der Waals surface area (Å²) >= 11 is 0. The number of hydrogen-bond acceptors (Lipinski definition) is 3. The molecule has 1 aromatic carbocycles. The minimum absolute atomic E-state index is 0.0590. The first-order valence-corrected chi connectivity index (χ1v) is 7.07. The summed E-state index contributed by atoms with van der Waals surface area (Å²) in [5.41, 5.74) is 0.596. The van der Waals surface area contributed by atoms with Gasteiger partial charge in [0, 0.05) is 24.7 Å². The van der Waals surface area contributed by atoms with Crippen molar-refractivity contribution in [3.63, 3.8) is 0 Å². The number of anilines is 1.